The first kappa shape index (κ1) is 16.5. The number of piperazine rings is 1. The Morgan fingerprint density at radius 2 is 1.81 bits per heavy atom. The highest BCUT2D eigenvalue weighted by atomic mass is 16.2. The van der Waals surface area contributed by atoms with Crippen molar-refractivity contribution >= 4 is 17.4 Å². The molecule has 0 saturated carbocycles. The highest BCUT2D eigenvalue weighted by Crippen LogP contribution is 2.26. The predicted octanol–water partition coefficient (Wildman–Crippen LogP) is 1.28. The van der Waals surface area contributed by atoms with Crippen molar-refractivity contribution in [2.24, 2.45) is 0 Å². The lowest BCUT2D eigenvalue weighted by molar-refractivity contribution is -0.121. The molecule has 0 spiro atoms. The maximum atomic E-state index is 12.9. The second-order valence-corrected chi connectivity index (χ2v) is 6.54. The summed E-state index contributed by atoms with van der Waals surface area (Å²) in [5.41, 5.74) is 1.48. The number of amides is 1. The van der Waals surface area contributed by atoms with Gasteiger partial charge in [-0.2, -0.15) is 5.26 Å². The molecule has 0 aliphatic carbocycles. The van der Waals surface area contributed by atoms with Crippen LogP contribution in [0.3, 0.4) is 0 Å². The zero-order valence-electron chi connectivity index (χ0n) is 14.5. The Morgan fingerprint density at radius 1 is 1.04 bits per heavy atom. The summed E-state index contributed by atoms with van der Waals surface area (Å²) in [7, 11) is 0. The lowest BCUT2D eigenvalue weighted by atomic mass is 10.1. The number of benzene rings is 1. The number of nitrogens with zero attached hydrogens (tertiary/aromatic N) is 6. The molecule has 1 aromatic heterocycles. The van der Waals surface area contributed by atoms with Crippen molar-refractivity contribution in [3.63, 3.8) is 0 Å². The number of nitriles is 1. The molecule has 2 fully saturated rings. The fourth-order valence-electron chi connectivity index (χ4n) is 3.69. The third-order valence-electron chi connectivity index (χ3n) is 5.11. The van der Waals surface area contributed by atoms with Crippen LogP contribution >= 0.6 is 0 Å². The topological polar surface area (TPSA) is 76.4 Å². The van der Waals surface area contributed by atoms with Crippen molar-refractivity contribution in [1.82, 2.24) is 14.9 Å². The number of aromatic nitrogens is 2. The van der Waals surface area contributed by atoms with Crippen molar-refractivity contribution in [1.29, 1.82) is 5.26 Å². The largest absolute Gasteiger partial charge is 0.353 e. The van der Waals surface area contributed by atoms with Gasteiger partial charge in [0.15, 0.2) is 0 Å². The third-order valence-corrected chi connectivity index (χ3v) is 5.11. The molecule has 7 heteroatoms. The first-order chi connectivity index (χ1) is 12.8. The normalized spacial score (nSPS) is 21.0. The van der Waals surface area contributed by atoms with Gasteiger partial charge in [0, 0.05) is 50.8 Å². The Labute approximate surface area is 152 Å². The van der Waals surface area contributed by atoms with E-state index >= 15 is 0 Å². The number of hydrogen-bond donors (Lipinski definition) is 0. The number of carbonyl (C=O) groups is 1. The van der Waals surface area contributed by atoms with Crippen LogP contribution in [-0.4, -0.2) is 59.5 Å². The van der Waals surface area contributed by atoms with Crippen LogP contribution in [0.5, 0.6) is 0 Å². The number of anilines is 2. The summed E-state index contributed by atoms with van der Waals surface area (Å²) in [6.45, 7) is 4.10. The molecule has 0 unspecified atom stereocenters. The van der Waals surface area contributed by atoms with Gasteiger partial charge < -0.3 is 9.80 Å². The third kappa shape index (κ3) is 3.11. The highest BCUT2D eigenvalue weighted by molar-refractivity contribution is 5.99. The summed E-state index contributed by atoms with van der Waals surface area (Å²) in [4.78, 5) is 27.7. The lowest BCUT2D eigenvalue weighted by Gasteiger charge is -2.37. The lowest BCUT2D eigenvalue weighted by Crippen LogP contribution is -2.52. The molecule has 1 atom stereocenters. The number of carbonyl (C=O) groups excluding carboxylic acids is 1. The molecular formula is C19H20N6O. The minimum absolute atomic E-state index is 0.0605. The minimum Gasteiger partial charge on any atom is -0.353 e. The van der Waals surface area contributed by atoms with Crippen molar-refractivity contribution < 1.29 is 4.79 Å². The highest BCUT2D eigenvalue weighted by Gasteiger charge is 2.37. The van der Waals surface area contributed by atoms with Crippen LogP contribution in [-0.2, 0) is 4.79 Å². The van der Waals surface area contributed by atoms with Crippen molar-refractivity contribution in [3.05, 3.63) is 48.4 Å². The van der Waals surface area contributed by atoms with Gasteiger partial charge in [0.25, 0.3) is 0 Å². The molecule has 2 aliphatic rings. The maximum absolute atomic E-state index is 12.9. The molecule has 3 heterocycles. The molecule has 1 amide bonds. The average molecular weight is 348 g/mol. The summed E-state index contributed by atoms with van der Waals surface area (Å²) in [6, 6.07) is 9.27. The number of rotatable bonds is 3. The molecule has 0 bridgehead atoms. The summed E-state index contributed by atoms with van der Waals surface area (Å²) >= 11 is 0. The maximum Gasteiger partial charge on any atom is 0.244 e. The van der Waals surface area contributed by atoms with Crippen LogP contribution in [0.2, 0.25) is 0 Å². The van der Waals surface area contributed by atoms with E-state index in [2.05, 4.69) is 25.8 Å². The van der Waals surface area contributed by atoms with Crippen LogP contribution in [0.15, 0.2) is 42.9 Å². The first-order valence-electron chi connectivity index (χ1n) is 8.83. The molecule has 4 rings (SSSR count). The molecule has 2 saturated heterocycles. The van der Waals surface area contributed by atoms with Gasteiger partial charge in [-0.25, -0.2) is 4.98 Å². The molecule has 1 aromatic carbocycles. The Balaban J connectivity index is 1.39. The molecule has 2 aliphatic heterocycles. The van der Waals surface area contributed by atoms with Crippen LogP contribution in [0, 0.1) is 11.3 Å². The van der Waals surface area contributed by atoms with Crippen molar-refractivity contribution in [3.8, 4) is 6.07 Å². The van der Waals surface area contributed by atoms with Gasteiger partial charge in [-0.05, 0) is 30.7 Å². The van der Waals surface area contributed by atoms with E-state index in [9.17, 15) is 4.79 Å². The Kier molecular flexibility index (Phi) is 4.50. The van der Waals surface area contributed by atoms with E-state index in [1.165, 1.54) is 0 Å². The second-order valence-electron chi connectivity index (χ2n) is 6.54. The van der Waals surface area contributed by atoms with Gasteiger partial charge >= 0.3 is 0 Å². The smallest absolute Gasteiger partial charge is 0.244 e. The van der Waals surface area contributed by atoms with Gasteiger partial charge in [-0.1, -0.05) is 0 Å². The zero-order valence-corrected chi connectivity index (χ0v) is 14.5. The average Bonchev–Trinajstić information content (AvgIpc) is 3.10. The van der Waals surface area contributed by atoms with Gasteiger partial charge in [-0.3, -0.25) is 14.7 Å². The predicted molar refractivity (Wildman–Crippen MR) is 97.7 cm³/mol. The van der Waals surface area contributed by atoms with E-state index in [-0.39, 0.29) is 11.9 Å². The summed E-state index contributed by atoms with van der Waals surface area (Å²) in [5.74, 6) is 1.05. The van der Waals surface area contributed by atoms with Gasteiger partial charge in [0.1, 0.15) is 5.82 Å². The Bertz CT molecular complexity index is 808. The zero-order chi connectivity index (χ0) is 17.9. The number of hydrogen-bond acceptors (Lipinski definition) is 6. The molecule has 26 heavy (non-hydrogen) atoms. The molecule has 0 radical (unpaired) electrons. The Morgan fingerprint density at radius 3 is 2.46 bits per heavy atom. The molecule has 132 valence electrons. The van der Waals surface area contributed by atoms with Gasteiger partial charge in [0.05, 0.1) is 23.9 Å². The van der Waals surface area contributed by atoms with E-state index in [0.29, 0.717) is 5.56 Å². The van der Waals surface area contributed by atoms with Crippen LogP contribution in [0.1, 0.15) is 12.0 Å². The second kappa shape index (κ2) is 7.10. The standard InChI is InChI=1S/C19H20N6O/c20-13-15-1-3-16(4-2-15)25-8-5-17(19(25)26)23-9-11-24(12-10-23)18-14-21-6-7-22-18/h1-4,6-7,14,17H,5,8-12H2/t17-/m1/s1. The minimum atomic E-state index is -0.0605. The quantitative estimate of drug-likeness (QED) is 0.832. The van der Waals surface area contributed by atoms with Crippen LogP contribution < -0.4 is 9.80 Å². The summed E-state index contributed by atoms with van der Waals surface area (Å²) < 4.78 is 0. The van der Waals surface area contributed by atoms with Crippen molar-refractivity contribution in [2.75, 3.05) is 42.5 Å². The molecule has 7 nitrogen and oxygen atoms in total. The van der Waals surface area contributed by atoms with E-state index in [4.69, 9.17) is 5.26 Å². The fraction of sp³-hybridized carbons (Fsp3) is 0.368. The van der Waals surface area contributed by atoms with Crippen molar-refractivity contribution in [2.45, 2.75) is 12.5 Å². The van der Waals surface area contributed by atoms with E-state index in [0.717, 1.165) is 50.6 Å². The van der Waals surface area contributed by atoms with Crippen LogP contribution in [0.4, 0.5) is 11.5 Å². The van der Waals surface area contributed by atoms with E-state index in [1.54, 1.807) is 30.7 Å². The van der Waals surface area contributed by atoms with E-state index in [1.807, 2.05) is 17.0 Å². The van der Waals surface area contributed by atoms with Crippen LogP contribution in [0.25, 0.3) is 0 Å². The summed E-state index contributed by atoms with van der Waals surface area (Å²) in [5, 5.41) is 8.91. The molecule has 0 N–H and O–H groups in total. The monoisotopic (exact) mass is 348 g/mol. The first-order valence-corrected chi connectivity index (χ1v) is 8.83. The van der Waals surface area contributed by atoms with Gasteiger partial charge in [-0.15, -0.1) is 0 Å². The molecular weight excluding hydrogens is 328 g/mol. The SMILES string of the molecule is N#Cc1ccc(N2CC[C@@H](N3CCN(c4cnccn4)CC3)C2=O)cc1. The Hall–Kier alpha value is -2.98. The van der Waals surface area contributed by atoms with E-state index < -0.39 is 0 Å². The van der Waals surface area contributed by atoms with Gasteiger partial charge in [0.2, 0.25) is 5.91 Å². The summed E-state index contributed by atoms with van der Waals surface area (Å²) in [6.07, 6.45) is 6.00. The molecule has 2 aromatic rings. The fourth-order valence-corrected chi connectivity index (χ4v) is 3.69.